The van der Waals surface area contributed by atoms with Crippen LogP contribution in [0, 0.1) is 5.92 Å². The molecule has 2 heterocycles. The molecule has 1 saturated carbocycles. The number of hydrogen-bond acceptors (Lipinski definition) is 5. The first-order valence-corrected chi connectivity index (χ1v) is 10.3. The largest absolute Gasteiger partial charge is 0.366 e. The number of aromatic nitrogens is 1. The number of carbonyl (C=O) groups excluding carboxylic acids is 2. The van der Waals surface area contributed by atoms with Crippen LogP contribution in [-0.4, -0.2) is 35.6 Å². The van der Waals surface area contributed by atoms with Gasteiger partial charge in [-0.15, -0.1) is 0 Å². The Labute approximate surface area is 161 Å². The van der Waals surface area contributed by atoms with Crippen molar-refractivity contribution in [3.8, 4) is 10.4 Å². The molecule has 1 saturated heterocycles. The van der Waals surface area contributed by atoms with Crippen molar-refractivity contribution >= 4 is 28.3 Å². The first-order chi connectivity index (χ1) is 13.2. The van der Waals surface area contributed by atoms with Gasteiger partial charge in [0.1, 0.15) is 6.61 Å². The van der Waals surface area contributed by atoms with Crippen LogP contribution in [0.4, 0.5) is 5.13 Å². The van der Waals surface area contributed by atoms with Crippen molar-refractivity contribution in [2.75, 3.05) is 11.9 Å². The van der Waals surface area contributed by atoms with E-state index in [2.05, 4.69) is 33.8 Å². The fourth-order valence-electron chi connectivity index (χ4n) is 4.35. The predicted molar refractivity (Wildman–Crippen MR) is 103 cm³/mol. The van der Waals surface area contributed by atoms with E-state index in [1.165, 1.54) is 16.0 Å². The molecule has 3 atom stereocenters. The number of nitrogens with zero attached hydrogens (tertiary/aromatic N) is 1. The minimum absolute atomic E-state index is 0.00771. The van der Waals surface area contributed by atoms with Crippen LogP contribution in [0.1, 0.15) is 30.5 Å². The van der Waals surface area contributed by atoms with Crippen LogP contribution in [0.5, 0.6) is 0 Å². The van der Waals surface area contributed by atoms with Crippen LogP contribution in [0.2, 0.25) is 0 Å². The van der Waals surface area contributed by atoms with E-state index in [1.54, 1.807) is 11.3 Å². The van der Waals surface area contributed by atoms with E-state index in [0.29, 0.717) is 11.6 Å². The number of amides is 2. The third kappa shape index (κ3) is 3.15. The van der Waals surface area contributed by atoms with E-state index in [-0.39, 0.29) is 36.5 Å². The molecule has 2 amide bonds. The van der Waals surface area contributed by atoms with Gasteiger partial charge in [0, 0.05) is 5.92 Å². The molecule has 2 aromatic rings. The standard InChI is InChI=1S/C20H21N3O3S/c24-17-10-26-16-9-12(6-7-14(16)21-17)19(25)23-20-22-15-8-5-11-3-1-2-4-13(11)18(15)27-20/h1-4,12,14,16H,5-10H2,(H,21,24)(H,22,23,25)/t12-,14-,16-/m0/s1. The zero-order chi connectivity index (χ0) is 18.4. The number of nitrogens with one attached hydrogen (secondary N) is 2. The second-order valence-corrected chi connectivity index (χ2v) is 8.47. The third-order valence-corrected chi connectivity index (χ3v) is 6.80. The summed E-state index contributed by atoms with van der Waals surface area (Å²) >= 11 is 1.56. The monoisotopic (exact) mass is 383 g/mol. The van der Waals surface area contributed by atoms with Gasteiger partial charge in [0.2, 0.25) is 11.8 Å². The molecular formula is C20H21N3O3S. The van der Waals surface area contributed by atoms with E-state index in [1.807, 2.05) is 6.07 Å². The molecule has 0 spiro atoms. The second kappa shape index (κ2) is 6.73. The van der Waals surface area contributed by atoms with E-state index >= 15 is 0 Å². The highest BCUT2D eigenvalue weighted by molar-refractivity contribution is 7.19. The van der Waals surface area contributed by atoms with Gasteiger partial charge in [-0.3, -0.25) is 9.59 Å². The average Bonchev–Trinajstić information content (AvgIpc) is 3.10. The highest BCUT2D eigenvalue weighted by Gasteiger charge is 2.38. The maximum absolute atomic E-state index is 12.8. The molecule has 2 aliphatic carbocycles. The van der Waals surface area contributed by atoms with Crippen molar-refractivity contribution in [2.24, 2.45) is 5.92 Å². The zero-order valence-corrected chi connectivity index (χ0v) is 15.7. The fourth-order valence-corrected chi connectivity index (χ4v) is 5.43. The SMILES string of the molecule is O=C1CO[C@H]2C[C@@H](C(=O)Nc3nc4c(s3)-c3ccccc3CC4)CC[C@@H]2N1. The Morgan fingerprint density at radius 3 is 3.07 bits per heavy atom. The van der Waals surface area contributed by atoms with Gasteiger partial charge in [-0.1, -0.05) is 35.6 Å². The number of anilines is 1. The van der Waals surface area contributed by atoms with Gasteiger partial charge in [0.15, 0.2) is 5.13 Å². The molecule has 1 aliphatic heterocycles. The topological polar surface area (TPSA) is 80.3 Å². The summed E-state index contributed by atoms with van der Waals surface area (Å²) in [6, 6.07) is 8.46. The number of aryl methyl sites for hydroxylation is 2. The van der Waals surface area contributed by atoms with Crippen LogP contribution < -0.4 is 10.6 Å². The smallest absolute Gasteiger partial charge is 0.246 e. The Kier molecular flexibility index (Phi) is 4.21. The Balaban J connectivity index is 1.29. The summed E-state index contributed by atoms with van der Waals surface area (Å²) in [4.78, 5) is 30.1. The van der Waals surface area contributed by atoms with Gasteiger partial charge >= 0.3 is 0 Å². The molecule has 1 aromatic carbocycles. The summed E-state index contributed by atoms with van der Waals surface area (Å²) in [7, 11) is 0. The van der Waals surface area contributed by atoms with E-state index in [0.717, 1.165) is 31.4 Å². The molecule has 7 heteroatoms. The van der Waals surface area contributed by atoms with Crippen molar-refractivity contribution < 1.29 is 14.3 Å². The Bertz CT molecular complexity index is 910. The Morgan fingerprint density at radius 1 is 1.26 bits per heavy atom. The highest BCUT2D eigenvalue weighted by atomic mass is 32.1. The average molecular weight is 383 g/mol. The molecule has 2 fully saturated rings. The lowest BCUT2D eigenvalue weighted by atomic mass is 9.82. The molecule has 27 heavy (non-hydrogen) atoms. The first-order valence-electron chi connectivity index (χ1n) is 9.47. The summed E-state index contributed by atoms with van der Waals surface area (Å²) in [5, 5.41) is 6.68. The molecule has 0 radical (unpaired) electrons. The van der Waals surface area contributed by atoms with Gasteiger partial charge < -0.3 is 15.4 Å². The van der Waals surface area contributed by atoms with Gasteiger partial charge in [0.25, 0.3) is 0 Å². The summed E-state index contributed by atoms with van der Waals surface area (Å²) < 4.78 is 5.63. The van der Waals surface area contributed by atoms with Crippen LogP contribution >= 0.6 is 11.3 Å². The molecule has 3 aliphatic rings. The van der Waals surface area contributed by atoms with E-state index in [9.17, 15) is 9.59 Å². The molecule has 0 unspecified atom stereocenters. The number of thiazole rings is 1. The Hall–Kier alpha value is -2.25. The lowest BCUT2D eigenvalue weighted by Crippen LogP contribution is -2.55. The quantitative estimate of drug-likeness (QED) is 0.835. The van der Waals surface area contributed by atoms with Gasteiger partial charge in [-0.05, 0) is 43.2 Å². The molecule has 0 bridgehead atoms. The fraction of sp³-hybridized carbons (Fsp3) is 0.450. The molecular weight excluding hydrogens is 362 g/mol. The lowest BCUT2D eigenvalue weighted by Gasteiger charge is -2.38. The van der Waals surface area contributed by atoms with Crippen LogP contribution in [0.25, 0.3) is 10.4 Å². The van der Waals surface area contributed by atoms with Gasteiger partial charge in [-0.25, -0.2) is 4.98 Å². The maximum Gasteiger partial charge on any atom is 0.246 e. The summed E-state index contributed by atoms with van der Waals surface area (Å²) in [5.74, 6) is -0.157. The molecule has 140 valence electrons. The lowest BCUT2D eigenvalue weighted by molar-refractivity contribution is -0.141. The molecule has 2 N–H and O–H groups in total. The van der Waals surface area contributed by atoms with Crippen molar-refractivity contribution in [1.82, 2.24) is 10.3 Å². The second-order valence-electron chi connectivity index (χ2n) is 7.47. The number of fused-ring (bicyclic) bond motifs is 4. The minimum Gasteiger partial charge on any atom is -0.366 e. The highest BCUT2D eigenvalue weighted by Crippen LogP contribution is 2.39. The predicted octanol–water partition coefficient (Wildman–Crippen LogP) is 2.53. The number of morpholine rings is 1. The number of hydrogen-bond donors (Lipinski definition) is 2. The van der Waals surface area contributed by atoms with E-state index in [4.69, 9.17) is 4.74 Å². The van der Waals surface area contributed by atoms with Crippen LogP contribution in [0.3, 0.4) is 0 Å². The number of benzene rings is 1. The zero-order valence-electron chi connectivity index (χ0n) is 14.9. The summed E-state index contributed by atoms with van der Waals surface area (Å²) in [6.07, 6.45) is 4.02. The van der Waals surface area contributed by atoms with E-state index < -0.39 is 0 Å². The van der Waals surface area contributed by atoms with Gasteiger partial charge in [0.05, 0.1) is 22.7 Å². The number of carbonyl (C=O) groups is 2. The third-order valence-electron chi connectivity index (χ3n) is 5.76. The Morgan fingerprint density at radius 2 is 2.15 bits per heavy atom. The number of rotatable bonds is 2. The minimum atomic E-state index is -0.102. The van der Waals surface area contributed by atoms with Crippen LogP contribution in [-0.2, 0) is 27.2 Å². The van der Waals surface area contributed by atoms with Crippen molar-refractivity contribution in [3.05, 3.63) is 35.5 Å². The molecule has 5 rings (SSSR count). The van der Waals surface area contributed by atoms with Crippen molar-refractivity contribution in [3.63, 3.8) is 0 Å². The van der Waals surface area contributed by atoms with Gasteiger partial charge in [-0.2, -0.15) is 0 Å². The maximum atomic E-state index is 12.8. The number of ether oxygens (including phenoxy) is 1. The first kappa shape index (κ1) is 16.9. The molecule has 1 aromatic heterocycles. The normalized spacial score (nSPS) is 26.4. The van der Waals surface area contributed by atoms with Crippen molar-refractivity contribution in [2.45, 2.75) is 44.2 Å². The molecule has 6 nitrogen and oxygen atoms in total. The summed E-state index contributed by atoms with van der Waals surface area (Å²) in [6.45, 7) is 0.0914. The van der Waals surface area contributed by atoms with Crippen LogP contribution in [0.15, 0.2) is 24.3 Å². The van der Waals surface area contributed by atoms with Crippen molar-refractivity contribution in [1.29, 1.82) is 0 Å². The summed E-state index contributed by atoms with van der Waals surface area (Å²) in [5.41, 5.74) is 3.67.